The molecule has 39 heavy (non-hydrogen) atoms. The van der Waals surface area contributed by atoms with Gasteiger partial charge in [-0.1, -0.05) is 29.4 Å². The number of hydrogen-bond acceptors (Lipinski definition) is 4. The molecular weight excluding hydrogens is 615 g/mol. The van der Waals surface area contributed by atoms with E-state index in [1.807, 2.05) is 6.07 Å². The minimum absolute atomic E-state index is 0. The molecule has 2 aromatic heterocycles. The third-order valence-corrected chi connectivity index (χ3v) is 5.74. The minimum atomic E-state index is -4.62. The number of rotatable bonds is 5. The van der Waals surface area contributed by atoms with Crippen molar-refractivity contribution in [3.63, 3.8) is 0 Å². The van der Waals surface area contributed by atoms with Crippen LogP contribution in [0.5, 0.6) is 0 Å². The molecule has 1 radical (unpaired) electrons. The first kappa shape index (κ1) is 31.5. The average molecular weight is 637 g/mol. The maximum absolute atomic E-state index is 12.9. The topological polar surface area (TPSA) is 84.0 Å². The number of amides is 2. The number of nitrogens with zero attached hydrogens (tertiary/aromatic N) is 2. The summed E-state index contributed by atoms with van der Waals surface area (Å²) in [7, 11) is 0. The average Bonchev–Trinajstić information content (AvgIpc) is 2.86. The largest absolute Gasteiger partial charge is 0.433 e. The van der Waals surface area contributed by atoms with Crippen molar-refractivity contribution >= 4 is 34.8 Å². The molecule has 4 aromatic rings. The summed E-state index contributed by atoms with van der Waals surface area (Å²) in [4.78, 5) is 33.4. The van der Waals surface area contributed by atoms with Crippen molar-refractivity contribution in [1.82, 2.24) is 9.97 Å². The number of carbonyl (C=O) groups excluding carboxylic acids is 2. The fourth-order valence-corrected chi connectivity index (χ4v) is 3.72. The number of anilines is 2. The summed E-state index contributed by atoms with van der Waals surface area (Å²) < 4.78 is 38.7. The Bertz CT molecular complexity index is 1500. The molecule has 0 saturated carbocycles. The summed E-state index contributed by atoms with van der Waals surface area (Å²) in [5.41, 5.74) is 1.40. The van der Waals surface area contributed by atoms with Crippen molar-refractivity contribution in [3.05, 3.63) is 120 Å². The summed E-state index contributed by atoms with van der Waals surface area (Å²) in [6.45, 7) is 5.15. The third kappa shape index (κ3) is 7.44. The standard InChI is InChI=1S/C27H19ClF3N4O2.CH3.Tc/c1-15-6-7-17(13-23(15)35-26(37)19-9-11-24(27(29,30)31)33-16(19)2)25(36)34-18-8-10-21(28)20(14-18)22-5-3-4-12-32-22;;/h3-14H,1H2,2H3,(H,34,36)(H,35,37);1H3;/q2*-1;. The van der Waals surface area contributed by atoms with Gasteiger partial charge >= 0.3 is 6.18 Å². The van der Waals surface area contributed by atoms with Crippen LogP contribution in [-0.2, 0) is 26.3 Å². The smallest absolute Gasteiger partial charge is 0.375 e. The van der Waals surface area contributed by atoms with Crippen molar-refractivity contribution in [2.45, 2.75) is 13.1 Å². The first-order chi connectivity index (χ1) is 17.5. The van der Waals surface area contributed by atoms with Crippen LogP contribution in [-0.4, -0.2) is 21.8 Å². The van der Waals surface area contributed by atoms with Gasteiger partial charge in [0.2, 0.25) is 5.91 Å². The van der Waals surface area contributed by atoms with Crippen LogP contribution in [0, 0.1) is 21.3 Å². The van der Waals surface area contributed by atoms with Crippen LogP contribution >= 0.6 is 11.6 Å². The summed E-state index contributed by atoms with van der Waals surface area (Å²) >= 11 is 6.30. The normalized spacial score (nSPS) is 10.6. The molecule has 4 rings (SSSR count). The van der Waals surface area contributed by atoms with Crippen molar-refractivity contribution in [2.75, 3.05) is 10.6 Å². The number of halogens is 4. The Hall–Kier alpha value is -3.72. The number of aromatic nitrogens is 2. The maximum Gasteiger partial charge on any atom is 0.433 e. The second-order valence-electron chi connectivity index (χ2n) is 8.02. The minimum Gasteiger partial charge on any atom is -0.375 e. The van der Waals surface area contributed by atoms with Crippen LogP contribution in [0.15, 0.2) is 72.9 Å². The van der Waals surface area contributed by atoms with Gasteiger partial charge in [-0.25, -0.2) is 4.98 Å². The van der Waals surface area contributed by atoms with E-state index in [0.29, 0.717) is 27.5 Å². The molecule has 2 aromatic carbocycles. The van der Waals surface area contributed by atoms with E-state index in [1.54, 1.807) is 42.6 Å². The Kier molecular flexibility index (Phi) is 10.4. The van der Waals surface area contributed by atoms with Crippen LogP contribution in [0.3, 0.4) is 0 Å². The van der Waals surface area contributed by atoms with E-state index in [0.717, 1.165) is 12.1 Å². The zero-order valence-electron chi connectivity index (χ0n) is 20.7. The Morgan fingerprint density at radius 1 is 0.949 bits per heavy atom. The molecule has 203 valence electrons. The van der Waals surface area contributed by atoms with Gasteiger partial charge in [0.15, 0.2) is 0 Å². The number of aryl methyl sites for hydroxylation is 1. The molecule has 0 aliphatic heterocycles. The van der Waals surface area contributed by atoms with Gasteiger partial charge in [-0.2, -0.15) is 31.7 Å². The zero-order chi connectivity index (χ0) is 26.7. The van der Waals surface area contributed by atoms with E-state index in [4.69, 9.17) is 11.6 Å². The maximum atomic E-state index is 12.9. The van der Waals surface area contributed by atoms with E-state index >= 15 is 0 Å². The van der Waals surface area contributed by atoms with Gasteiger partial charge in [-0.15, -0.1) is 6.07 Å². The Balaban J connectivity index is 0.00000267. The molecule has 0 aliphatic carbocycles. The number of nitrogens with one attached hydrogen (secondary N) is 2. The summed E-state index contributed by atoms with van der Waals surface area (Å²) in [5, 5.41) is 5.84. The second kappa shape index (κ2) is 12.9. The van der Waals surface area contributed by atoms with Crippen molar-refractivity contribution in [2.24, 2.45) is 0 Å². The predicted molar refractivity (Wildman–Crippen MR) is 142 cm³/mol. The van der Waals surface area contributed by atoms with Gasteiger partial charge in [0.25, 0.3) is 5.91 Å². The van der Waals surface area contributed by atoms with Gasteiger partial charge in [0.1, 0.15) is 5.69 Å². The molecule has 0 atom stereocenters. The van der Waals surface area contributed by atoms with Gasteiger partial charge < -0.3 is 18.1 Å². The summed E-state index contributed by atoms with van der Waals surface area (Å²) in [6.07, 6.45) is -2.99. The number of pyridine rings is 2. The molecule has 2 amide bonds. The van der Waals surface area contributed by atoms with Crippen LogP contribution in [0.25, 0.3) is 11.3 Å². The van der Waals surface area contributed by atoms with E-state index in [9.17, 15) is 22.8 Å². The van der Waals surface area contributed by atoms with Crippen molar-refractivity contribution in [3.8, 4) is 11.3 Å². The molecule has 0 saturated heterocycles. The number of carbonyl (C=O) groups is 2. The van der Waals surface area contributed by atoms with Gasteiger partial charge in [0.05, 0.1) is 22.0 Å². The Labute approximate surface area is 242 Å². The molecule has 2 heterocycles. The monoisotopic (exact) mass is 635 g/mol. The van der Waals surface area contributed by atoms with Gasteiger partial charge in [-0.3, -0.25) is 14.6 Å². The Morgan fingerprint density at radius 2 is 1.69 bits per heavy atom. The van der Waals surface area contributed by atoms with Crippen LogP contribution in [0.2, 0.25) is 5.02 Å². The van der Waals surface area contributed by atoms with E-state index in [1.165, 1.54) is 19.1 Å². The molecule has 2 N–H and O–H groups in total. The fraction of sp³-hybridized carbons (Fsp3) is 0.0714. The zero-order valence-corrected chi connectivity index (χ0v) is 23.4. The molecule has 0 spiro atoms. The van der Waals surface area contributed by atoms with Crippen LogP contribution in [0.1, 0.15) is 37.7 Å². The molecule has 0 bridgehead atoms. The quantitative estimate of drug-likeness (QED) is 0.226. The van der Waals surface area contributed by atoms with Crippen molar-refractivity contribution in [1.29, 1.82) is 0 Å². The van der Waals surface area contributed by atoms with Crippen molar-refractivity contribution < 1.29 is 42.9 Å². The fourth-order valence-electron chi connectivity index (χ4n) is 3.51. The molecule has 6 nitrogen and oxygen atoms in total. The number of hydrogen-bond donors (Lipinski definition) is 2. The second-order valence-corrected chi connectivity index (χ2v) is 8.42. The SMILES string of the molecule is [CH2-]c1ccc(C(=O)Nc2ccc(Cl)c(-c3ccccn3)c2)cc1NC(=O)c1ccc(C(F)(F)F)nc1C.[CH3-].[Tc]. The first-order valence-corrected chi connectivity index (χ1v) is 11.3. The van der Waals surface area contributed by atoms with Crippen LogP contribution < -0.4 is 10.6 Å². The van der Waals surface area contributed by atoms with Gasteiger partial charge in [0, 0.05) is 43.1 Å². The molecular formula is C28H22ClF3N4O2Tc-2. The van der Waals surface area contributed by atoms with E-state index < -0.39 is 23.7 Å². The van der Waals surface area contributed by atoms with Crippen LogP contribution in [0.4, 0.5) is 24.5 Å². The summed E-state index contributed by atoms with van der Waals surface area (Å²) in [5.74, 6) is -1.14. The van der Waals surface area contributed by atoms with E-state index in [-0.39, 0.29) is 50.0 Å². The van der Waals surface area contributed by atoms with E-state index in [2.05, 4.69) is 27.5 Å². The Morgan fingerprint density at radius 3 is 2.33 bits per heavy atom. The first-order valence-electron chi connectivity index (χ1n) is 10.9. The molecule has 0 aliphatic rings. The molecule has 0 fully saturated rings. The molecule has 0 unspecified atom stereocenters. The van der Waals surface area contributed by atoms with Gasteiger partial charge in [-0.05, 0) is 49.4 Å². The summed E-state index contributed by atoms with van der Waals surface area (Å²) in [6, 6.07) is 16.7. The number of benzene rings is 2. The third-order valence-electron chi connectivity index (χ3n) is 5.41. The number of alkyl halides is 3. The predicted octanol–water partition coefficient (Wildman–Crippen LogP) is 7.26. The molecule has 11 heteroatoms.